The van der Waals surface area contributed by atoms with E-state index in [-0.39, 0.29) is 12.1 Å². The fourth-order valence-electron chi connectivity index (χ4n) is 2.04. The summed E-state index contributed by atoms with van der Waals surface area (Å²) in [4.78, 5) is 8.42. The van der Waals surface area contributed by atoms with Crippen LogP contribution in [0.5, 0.6) is 0 Å². The quantitative estimate of drug-likeness (QED) is 0.927. The van der Waals surface area contributed by atoms with Crippen molar-refractivity contribution in [2.24, 2.45) is 0 Å². The van der Waals surface area contributed by atoms with Crippen LogP contribution in [0.1, 0.15) is 29.6 Å². The minimum absolute atomic E-state index is 0.0648. The summed E-state index contributed by atoms with van der Waals surface area (Å²) >= 11 is 0. The lowest BCUT2D eigenvalue weighted by Crippen LogP contribution is -2.12. The Morgan fingerprint density at radius 2 is 1.86 bits per heavy atom. The maximum absolute atomic E-state index is 12.9. The second-order valence-electron chi connectivity index (χ2n) is 4.65. The largest absolute Gasteiger partial charge is 0.416 e. The number of alkyl halides is 3. The van der Waals surface area contributed by atoms with Gasteiger partial charge in [-0.1, -0.05) is 25.1 Å². The number of halogens is 3. The molecule has 2 rings (SSSR count). The van der Waals surface area contributed by atoms with Crippen LogP contribution in [0.4, 0.5) is 19.0 Å². The van der Waals surface area contributed by atoms with Crippen molar-refractivity contribution >= 4 is 5.82 Å². The Hall–Kier alpha value is -2.11. The molecular formula is C15H16F3N3. The maximum Gasteiger partial charge on any atom is 0.416 e. The van der Waals surface area contributed by atoms with Gasteiger partial charge in [-0.05, 0) is 25.0 Å². The molecule has 0 bridgehead atoms. The Bertz CT molecular complexity index is 624. The molecule has 0 spiro atoms. The second kappa shape index (κ2) is 6.11. The molecule has 0 unspecified atom stereocenters. The predicted octanol–water partition coefficient (Wildman–Crippen LogP) is 3.98. The Kier molecular flexibility index (Phi) is 4.45. The van der Waals surface area contributed by atoms with Gasteiger partial charge < -0.3 is 5.32 Å². The van der Waals surface area contributed by atoms with Gasteiger partial charge in [0.1, 0.15) is 11.6 Å². The van der Waals surface area contributed by atoms with Crippen molar-refractivity contribution in [1.82, 2.24) is 9.97 Å². The molecule has 0 aliphatic heterocycles. The minimum Gasteiger partial charge on any atom is -0.366 e. The molecule has 0 saturated heterocycles. The average Bonchev–Trinajstić information content (AvgIpc) is 2.44. The van der Waals surface area contributed by atoms with E-state index in [1.807, 2.05) is 6.92 Å². The third kappa shape index (κ3) is 3.93. The summed E-state index contributed by atoms with van der Waals surface area (Å²) in [7, 11) is 0. The number of rotatable bonds is 4. The van der Waals surface area contributed by atoms with Crippen LogP contribution in [0.2, 0.25) is 0 Å². The van der Waals surface area contributed by atoms with Gasteiger partial charge in [0, 0.05) is 18.3 Å². The summed E-state index contributed by atoms with van der Waals surface area (Å²) < 4.78 is 38.7. The van der Waals surface area contributed by atoms with Crippen molar-refractivity contribution in [3.05, 3.63) is 53.0 Å². The smallest absolute Gasteiger partial charge is 0.366 e. The zero-order chi connectivity index (χ0) is 15.5. The van der Waals surface area contributed by atoms with E-state index in [9.17, 15) is 13.2 Å². The van der Waals surface area contributed by atoms with E-state index in [4.69, 9.17) is 0 Å². The first-order valence-corrected chi connectivity index (χ1v) is 6.63. The Labute approximate surface area is 121 Å². The lowest BCUT2D eigenvalue weighted by Gasteiger charge is -2.14. The summed E-state index contributed by atoms with van der Waals surface area (Å²) in [6.07, 6.45) is -3.61. The van der Waals surface area contributed by atoms with Crippen LogP contribution in [0.3, 0.4) is 0 Å². The summed E-state index contributed by atoms with van der Waals surface area (Å²) in [5.74, 6) is 1.14. The van der Waals surface area contributed by atoms with Crippen LogP contribution in [0.15, 0.2) is 30.3 Å². The molecule has 0 radical (unpaired) electrons. The molecule has 2 aromatic rings. The summed E-state index contributed by atoms with van der Waals surface area (Å²) in [6.45, 7) is 3.79. The molecule has 21 heavy (non-hydrogen) atoms. The molecule has 0 saturated carbocycles. The van der Waals surface area contributed by atoms with Gasteiger partial charge in [0.05, 0.1) is 5.56 Å². The second-order valence-corrected chi connectivity index (χ2v) is 4.65. The molecule has 112 valence electrons. The standard InChI is InChI=1S/C15H16F3N3/c1-3-12-8-14(21-10(2)20-12)19-9-11-6-4-5-7-13(11)15(16,17)18/h4-8H,3,9H2,1-2H3,(H,19,20,21). The van der Waals surface area contributed by atoms with E-state index in [2.05, 4.69) is 15.3 Å². The van der Waals surface area contributed by atoms with E-state index < -0.39 is 11.7 Å². The van der Waals surface area contributed by atoms with Crippen LogP contribution in [0.25, 0.3) is 0 Å². The molecular weight excluding hydrogens is 279 g/mol. The lowest BCUT2D eigenvalue weighted by molar-refractivity contribution is -0.138. The van der Waals surface area contributed by atoms with E-state index >= 15 is 0 Å². The molecule has 6 heteroatoms. The number of anilines is 1. The number of nitrogens with one attached hydrogen (secondary N) is 1. The third-order valence-electron chi connectivity index (χ3n) is 3.04. The highest BCUT2D eigenvalue weighted by Crippen LogP contribution is 2.32. The first kappa shape index (κ1) is 15.3. The van der Waals surface area contributed by atoms with Gasteiger partial charge in [-0.2, -0.15) is 13.2 Å². The van der Waals surface area contributed by atoms with Crippen LogP contribution < -0.4 is 5.32 Å². The van der Waals surface area contributed by atoms with Gasteiger partial charge >= 0.3 is 6.18 Å². The van der Waals surface area contributed by atoms with E-state index in [0.29, 0.717) is 11.6 Å². The SMILES string of the molecule is CCc1cc(NCc2ccccc2C(F)(F)F)nc(C)n1. The Balaban J connectivity index is 2.19. The topological polar surface area (TPSA) is 37.8 Å². The average molecular weight is 295 g/mol. The number of aryl methyl sites for hydroxylation is 2. The van der Waals surface area contributed by atoms with Crippen molar-refractivity contribution in [3.63, 3.8) is 0 Å². The molecule has 0 aliphatic carbocycles. The number of nitrogens with zero attached hydrogens (tertiary/aromatic N) is 2. The number of benzene rings is 1. The molecule has 3 nitrogen and oxygen atoms in total. The van der Waals surface area contributed by atoms with Crippen molar-refractivity contribution in [2.45, 2.75) is 33.0 Å². The van der Waals surface area contributed by atoms with Gasteiger partial charge in [-0.15, -0.1) is 0 Å². The summed E-state index contributed by atoms with van der Waals surface area (Å²) in [5.41, 5.74) is 0.424. The number of hydrogen-bond acceptors (Lipinski definition) is 3. The lowest BCUT2D eigenvalue weighted by atomic mass is 10.1. The zero-order valence-corrected chi connectivity index (χ0v) is 11.8. The molecule has 1 aromatic heterocycles. The molecule has 0 aliphatic rings. The van der Waals surface area contributed by atoms with Crippen LogP contribution in [-0.4, -0.2) is 9.97 Å². The molecule has 0 amide bonds. The first-order chi connectivity index (χ1) is 9.90. The van der Waals surface area contributed by atoms with Gasteiger partial charge in [0.2, 0.25) is 0 Å². The molecule has 0 atom stereocenters. The van der Waals surface area contributed by atoms with Crippen LogP contribution in [0, 0.1) is 6.92 Å². The van der Waals surface area contributed by atoms with Crippen LogP contribution in [-0.2, 0) is 19.1 Å². The molecule has 1 aromatic carbocycles. The fourth-order valence-corrected chi connectivity index (χ4v) is 2.04. The van der Waals surface area contributed by atoms with Crippen molar-refractivity contribution < 1.29 is 13.2 Å². The highest BCUT2D eigenvalue weighted by molar-refractivity contribution is 5.39. The fraction of sp³-hybridized carbons (Fsp3) is 0.333. The van der Waals surface area contributed by atoms with E-state index in [0.717, 1.165) is 18.2 Å². The summed E-state index contributed by atoms with van der Waals surface area (Å²) in [6, 6.07) is 7.28. The number of hydrogen-bond donors (Lipinski definition) is 1. The highest BCUT2D eigenvalue weighted by Gasteiger charge is 2.32. The van der Waals surface area contributed by atoms with Gasteiger partial charge in [0.25, 0.3) is 0 Å². The molecule has 1 heterocycles. The van der Waals surface area contributed by atoms with Crippen molar-refractivity contribution in [2.75, 3.05) is 5.32 Å². The van der Waals surface area contributed by atoms with Gasteiger partial charge in [-0.3, -0.25) is 0 Å². The van der Waals surface area contributed by atoms with Crippen molar-refractivity contribution in [1.29, 1.82) is 0 Å². The van der Waals surface area contributed by atoms with Gasteiger partial charge in [0.15, 0.2) is 0 Å². The first-order valence-electron chi connectivity index (χ1n) is 6.63. The Morgan fingerprint density at radius 3 is 2.52 bits per heavy atom. The monoisotopic (exact) mass is 295 g/mol. The minimum atomic E-state index is -4.35. The van der Waals surface area contributed by atoms with Gasteiger partial charge in [-0.25, -0.2) is 9.97 Å². The van der Waals surface area contributed by atoms with E-state index in [1.54, 1.807) is 19.1 Å². The predicted molar refractivity (Wildman–Crippen MR) is 74.9 cm³/mol. The third-order valence-corrected chi connectivity index (χ3v) is 3.04. The zero-order valence-electron chi connectivity index (χ0n) is 11.8. The highest BCUT2D eigenvalue weighted by atomic mass is 19.4. The Morgan fingerprint density at radius 1 is 1.14 bits per heavy atom. The summed E-state index contributed by atoms with van der Waals surface area (Å²) in [5, 5.41) is 2.94. The maximum atomic E-state index is 12.9. The normalized spacial score (nSPS) is 11.5. The molecule has 1 N–H and O–H groups in total. The van der Waals surface area contributed by atoms with Crippen LogP contribution >= 0.6 is 0 Å². The van der Waals surface area contributed by atoms with Crippen molar-refractivity contribution in [3.8, 4) is 0 Å². The molecule has 0 fully saturated rings. The van der Waals surface area contributed by atoms with E-state index in [1.165, 1.54) is 12.1 Å². The number of aromatic nitrogens is 2.